The van der Waals surface area contributed by atoms with E-state index >= 15 is 0 Å². The molecule has 3 nitrogen and oxygen atoms in total. The van der Waals surface area contributed by atoms with Gasteiger partial charge in [0.15, 0.2) is 0 Å². The van der Waals surface area contributed by atoms with Crippen LogP contribution in [-0.4, -0.2) is 32.8 Å². The van der Waals surface area contributed by atoms with E-state index in [1.165, 1.54) is 0 Å². The standard InChI is InChI=1S/C9H15BF3O3.K/c1-2-16-8(14)7-9(10(11,12)13)3-5-15-6-4-9;/h2-7H2,1H3;/q-1;+1. The molecule has 1 saturated heterocycles. The summed E-state index contributed by atoms with van der Waals surface area (Å²) in [7, 11) is 0. The predicted octanol–water partition coefficient (Wildman–Crippen LogP) is -0.658. The van der Waals surface area contributed by atoms with E-state index in [4.69, 9.17) is 4.74 Å². The van der Waals surface area contributed by atoms with Gasteiger partial charge in [-0.05, 0) is 25.1 Å². The quantitative estimate of drug-likeness (QED) is 0.506. The second kappa shape index (κ2) is 7.50. The molecule has 17 heavy (non-hydrogen) atoms. The van der Waals surface area contributed by atoms with Crippen LogP contribution in [0.3, 0.4) is 0 Å². The molecule has 1 heterocycles. The van der Waals surface area contributed by atoms with Gasteiger partial charge in [0.2, 0.25) is 0 Å². The van der Waals surface area contributed by atoms with E-state index in [-0.39, 0.29) is 84.0 Å². The number of halogens is 3. The molecule has 94 valence electrons. The molecule has 0 aromatic rings. The van der Waals surface area contributed by atoms with Crippen LogP contribution in [0.5, 0.6) is 0 Å². The van der Waals surface area contributed by atoms with E-state index < -0.39 is 24.7 Å². The third kappa shape index (κ3) is 4.83. The number of hydrogen-bond donors (Lipinski definition) is 0. The first-order valence-corrected chi connectivity index (χ1v) is 5.34. The molecule has 0 atom stereocenters. The smallest absolute Gasteiger partial charge is 0.466 e. The number of hydrogen-bond acceptors (Lipinski definition) is 3. The van der Waals surface area contributed by atoms with E-state index in [2.05, 4.69) is 4.74 Å². The van der Waals surface area contributed by atoms with Crippen LogP contribution in [0, 0.1) is 0 Å². The molecule has 0 saturated carbocycles. The molecule has 0 aliphatic carbocycles. The van der Waals surface area contributed by atoms with Crippen LogP contribution in [0.4, 0.5) is 12.9 Å². The van der Waals surface area contributed by atoms with Crippen LogP contribution >= 0.6 is 0 Å². The Morgan fingerprint density at radius 2 is 1.88 bits per heavy atom. The number of carbonyl (C=O) groups excluding carboxylic acids is 1. The fraction of sp³-hybridized carbons (Fsp3) is 0.889. The maximum absolute atomic E-state index is 13.0. The molecular formula is C9H15BF3KO3. The molecule has 0 aromatic heterocycles. The molecule has 1 rings (SSSR count). The van der Waals surface area contributed by atoms with Gasteiger partial charge in [-0.3, -0.25) is 4.79 Å². The van der Waals surface area contributed by atoms with Crippen LogP contribution in [0.1, 0.15) is 26.2 Å². The minimum absolute atomic E-state index is 0. The summed E-state index contributed by atoms with van der Waals surface area (Å²) in [6.45, 7) is -3.26. The van der Waals surface area contributed by atoms with Gasteiger partial charge in [-0.2, -0.15) is 0 Å². The van der Waals surface area contributed by atoms with Gasteiger partial charge in [0.25, 0.3) is 0 Å². The molecule has 1 aliphatic heterocycles. The van der Waals surface area contributed by atoms with E-state index in [1.807, 2.05) is 0 Å². The Kier molecular flexibility index (Phi) is 7.90. The van der Waals surface area contributed by atoms with Gasteiger partial charge in [-0.15, -0.1) is 0 Å². The Labute approximate surface area is 141 Å². The van der Waals surface area contributed by atoms with Crippen molar-refractivity contribution in [2.24, 2.45) is 0 Å². The summed E-state index contributed by atoms with van der Waals surface area (Å²) in [5.74, 6) is -0.774. The summed E-state index contributed by atoms with van der Waals surface area (Å²) in [6, 6.07) is 0. The van der Waals surface area contributed by atoms with E-state index in [1.54, 1.807) is 6.92 Å². The van der Waals surface area contributed by atoms with Gasteiger partial charge < -0.3 is 22.4 Å². The maximum Gasteiger partial charge on any atom is 1.00 e. The van der Waals surface area contributed by atoms with Gasteiger partial charge >= 0.3 is 64.3 Å². The fourth-order valence-electron chi connectivity index (χ4n) is 1.90. The molecule has 0 spiro atoms. The maximum atomic E-state index is 13.0. The summed E-state index contributed by atoms with van der Waals surface area (Å²) in [5.41, 5.74) is 0. The summed E-state index contributed by atoms with van der Waals surface area (Å²) >= 11 is 0. The van der Waals surface area contributed by atoms with Gasteiger partial charge in [0.05, 0.1) is 6.61 Å². The largest absolute Gasteiger partial charge is 1.00 e. The Hall–Kier alpha value is 0.921. The van der Waals surface area contributed by atoms with Gasteiger partial charge in [0.1, 0.15) is 0 Å². The predicted molar refractivity (Wildman–Crippen MR) is 53.1 cm³/mol. The second-order valence-electron chi connectivity index (χ2n) is 4.03. The third-order valence-electron chi connectivity index (χ3n) is 2.98. The van der Waals surface area contributed by atoms with E-state index in [9.17, 15) is 17.7 Å². The number of ether oxygens (including phenoxy) is 2. The summed E-state index contributed by atoms with van der Waals surface area (Å²) in [4.78, 5) is 11.2. The third-order valence-corrected chi connectivity index (χ3v) is 2.98. The second-order valence-corrected chi connectivity index (χ2v) is 4.03. The molecule has 0 N–H and O–H groups in total. The zero-order valence-corrected chi connectivity index (χ0v) is 13.3. The Balaban J connectivity index is 0.00000256. The van der Waals surface area contributed by atoms with Crippen molar-refractivity contribution in [3.63, 3.8) is 0 Å². The summed E-state index contributed by atoms with van der Waals surface area (Å²) < 4.78 is 48.5. The van der Waals surface area contributed by atoms with Crippen LogP contribution in [0.15, 0.2) is 0 Å². The van der Waals surface area contributed by atoms with Gasteiger partial charge in [0, 0.05) is 19.6 Å². The topological polar surface area (TPSA) is 35.5 Å². The Morgan fingerprint density at radius 1 is 1.35 bits per heavy atom. The van der Waals surface area contributed by atoms with Crippen molar-refractivity contribution in [2.45, 2.75) is 31.5 Å². The zero-order valence-electron chi connectivity index (χ0n) is 10.2. The minimum Gasteiger partial charge on any atom is -0.466 e. The van der Waals surface area contributed by atoms with Crippen molar-refractivity contribution in [1.82, 2.24) is 0 Å². The zero-order chi connectivity index (χ0) is 12.2. The average molecular weight is 278 g/mol. The molecule has 0 aromatic carbocycles. The molecule has 1 aliphatic rings. The summed E-state index contributed by atoms with van der Waals surface area (Å²) in [6.07, 6.45) is -0.863. The molecule has 0 bridgehead atoms. The van der Waals surface area contributed by atoms with Crippen LogP contribution in [0.2, 0.25) is 5.31 Å². The molecule has 0 radical (unpaired) electrons. The molecule has 1 fully saturated rings. The number of esters is 1. The van der Waals surface area contributed by atoms with Gasteiger partial charge in [-0.25, -0.2) is 0 Å². The van der Waals surface area contributed by atoms with Crippen LogP contribution in [-0.2, 0) is 14.3 Å². The Bertz CT molecular complexity index is 254. The molecule has 0 unspecified atom stereocenters. The van der Waals surface area contributed by atoms with Gasteiger partial charge in [-0.1, -0.05) is 0 Å². The molecular weight excluding hydrogens is 263 g/mol. The minimum atomic E-state index is -5.06. The fourth-order valence-corrected chi connectivity index (χ4v) is 1.90. The average Bonchev–Trinajstić information content (AvgIpc) is 2.17. The number of carbonyl (C=O) groups is 1. The summed E-state index contributed by atoms with van der Waals surface area (Å²) in [5, 5.41) is -1.90. The van der Waals surface area contributed by atoms with Crippen molar-refractivity contribution in [2.75, 3.05) is 19.8 Å². The SMILES string of the molecule is CCOC(=O)CC1([B-](F)(F)F)CCOCC1.[K+]. The van der Waals surface area contributed by atoms with Crippen molar-refractivity contribution in [3.8, 4) is 0 Å². The first-order valence-electron chi connectivity index (χ1n) is 5.34. The molecule has 0 amide bonds. The molecule has 8 heteroatoms. The van der Waals surface area contributed by atoms with Crippen molar-refractivity contribution in [3.05, 3.63) is 0 Å². The number of rotatable bonds is 4. The van der Waals surface area contributed by atoms with Crippen molar-refractivity contribution >= 4 is 12.9 Å². The van der Waals surface area contributed by atoms with Crippen molar-refractivity contribution in [1.29, 1.82) is 0 Å². The van der Waals surface area contributed by atoms with E-state index in [0.717, 1.165) is 0 Å². The van der Waals surface area contributed by atoms with Crippen molar-refractivity contribution < 1.29 is 78.6 Å². The normalized spacial score (nSPS) is 19.3. The first kappa shape index (κ1) is 17.9. The Morgan fingerprint density at radius 3 is 2.29 bits per heavy atom. The van der Waals surface area contributed by atoms with E-state index in [0.29, 0.717) is 0 Å². The monoisotopic (exact) mass is 278 g/mol. The first-order chi connectivity index (χ1) is 7.41. The van der Waals surface area contributed by atoms with Crippen LogP contribution < -0.4 is 51.4 Å². The van der Waals surface area contributed by atoms with Crippen LogP contribution in [0.25, 0.3) is 0 Å².